The number of aryl methyl sites for hydroxylation is 1. The lowest BCUT2D eigenvalue weighted by Crippen LogP contribution is -2.44. The maximum atomic E-state index is 11.6. The van der Waals surface area contributed by atoms with E-state index in [1.165, 1.54) is 10.8 Å². The Morgan fingerprint density at radius 2 is 1.84 bits per heavy atom. The molecule has 0 aromatic heterocycles. The first-order valence-electron chi connectivity index (χ1n) is 5.98. The van der Waals surface area contributed by atoms with Gasteiger partial charge in [0.05, 0.1) is 0 Å². The Morgan fingerprint density at radius 3 is 2.63 bits per heavy atom. The quantitative estimate of drug-likeness (QED) is 0.587. The monoisotopic (exact) mass is 273 g/mol. The summed E-state index contributed by atoms with van der Waals surface area (Å²) >= 11 is 4.61. The Kier molecular flexibility index (Phi) is 4.30. The molecule has 0 atom stereocenters. The number of thiocarbonyl (C=S) groups is 1. The fourth-order valence-electron chi connectivity index (χ4n) is 1.95. The van der Waals surface area contributed by atoms with Gasteiger partial charge in [0.15, 0.2) is 5.11 Å². The van der Waals surface area contributed by atoms with Crippen molar-refractivity contribution in [3.63, 3.8) is 0 Å². The van der Waals surface area contributed by atoms with Crippen molar-refractivity contribution in [1.29, 1.82) is 0 Å². The highest BCUT2D eigenvalue weighted by Gasteiger charge is 2.04. The molecule has 0 saturated carbocycles. The zero-order chi connectivity index (χ0) is 13.7. The van der Waals surface area contributed by atoms with E-state index in [-0.39, 0.29) is 11.0 Å². The summed E-state index contributed by atoms with van der Waals surface area (Å²) in [5.41, 5.74) is 11.3. The van der Waals surface area contributed by atoms with Crippen molar-refractivity contribution in [3.8, 4) is 0 Å². The fraction of sp³-hybridized carbons (Fsp3) is 0.143. The number of hydrogen-bond donors (Lipinski definition) is 3. The number of amides is 1. The van der Waals surface area contributed by atoms with Crippen LogP contribution in [-0.2, 0) is 11.2 Å². The van der Waals surface area contributed by atoms with Gasteiger partial charge in [-0.1, -0.05) is 42.5 Å². The van der Waals surface area contributed by atoms with Gasteiger partial charge in [-0.2, -0.15) is 0 Å². The van der Waals surface area contributed by atoms with Crippen molar-refractivity contribution < 1.29 is 4.79 Å². The van der Waals surface area contributed by atoms with Gasteiger partial charge in [0.1, 0.15) is 0 Å². The van der Waals surface area contributed by atoms with E-state index in [2.05, 4.69) is 41.3 Å². The number of carbonyl (C=O) groups excluding carboxylic acids is 1. The number of nitrogens with one attached hydrogen (secondary N) is 2. The van der Waals surface area contributed by atoms with Crippen LogP contribution in [0.3, 0.4) is 0 Å². The molecule has 0 bridgehead atoms. The van der Waals surface area contributed by atoms with Gasteiger partial charge in [-0.3, -0.25) is 15.6 Å². The highest BCUT2D eigenvalue weighted by atomic mass is 32.1. The highest BCUT2D eigenvalue weighted by Crippen LogP contribution is 2.19. The summed E-state index contributed by atoms with van der Waals surface area (Å²) in [6.45, 7) is 0. The normalized spacial score (nSPS) is 10.1. The lowest BCUT2D eigenvalue weighted by molar-refractivity contribution is -0.121. The van der Waals surface area contributed by atoms with Crippen molar-refractivity contribution in [3.05, 3.63) is 48.0 Å². The molecule has 0 radical (unpaired) electrons. The SMILES string of the molecule is NC(=S)NNC(=O)CCc1cccc2ccccc12. The van der Waals surface area contributed by atoms with Crippen LogP contribution in [0.15, 0.2) is 42.5 Å². The molecule has 1 amide bonds. The van der Waals surface area contributed by atoms with Crippen molar-refractivity contribution in [2.45, 2.75) is 12.8 Å². The maximum absolute atomic E-state index is 11.6. The molecule has 0 unspecified atom stereocenters. The maximum Gasteiger partial charge on any atom is 0.238 e. The number of rotatable bonds is 3. The number of nitrogens with two attached hydrogens (primary N) is 1. The topological polar surface area (TPSA) is 67.2 Å². The third-order valence-electron chi connectivity index (χ3n) is 2.83. The van der Waals surface area contributed by atoms with E-state index in [0.717, 1.165) is 5.56 Å². The molecular weight excluding hydrogens is 258 g/mol. The second kappa shape index (κ2) is 6.15. The molecule has 0 aliphatic carbocycles. The van der Waals surface area contributed by atoms with E-state index in [0.29, 0.717) is 12.8 Å². The number of benzene rings is 2. The Balaban J connectivity index is 2.02. The Morgan fingerprint density at radius 1 is 1.11 bits per heavy atom. The number of hydrogen-bond acceptors (Lipinski definition) is 2. The molecule has 5 heteroatoms. The van der Waals surface area contributed by atoms with E-state index in [1.54, 1.807) is 0 Å². The Labute approximate surface area is 117 Å². The molecule has 0 fully saturated rings. The van der Waals surface area contributed by atoms with Crippen molar-refractivity contribution in [2.24, 2.45) is 5.73 Å². The van der Waals surface area contributed by atoms with E-state index in [4.69, 9.17) is 5.73 Å². The molecule has 0 heterocycles. The molecule has 2 aromatic rings. The highest BCUT2D eigenvalue weighted by molar-refractivity contribution is 7.80. The third kappa shape index (κ3) is 3.66. The molecule has 98 valence electrons. The number of fused-ring (bicyclic) bond motifs is 1. The summed E-state index contributed by atoms with van der Waals surface area (Å²) < 4.78 is 0. The molecule has 2 aromatic carbocycles. The van der Waals surface area contributed by atoms with Gasteiger partial charge in [0.25, 0.3) is 0 Å². The Bertz CT molecular complexity index is 607. The lowest BCUT2D eigenvalue weighted by Gasteiger charge is -2.08. The average Bonchev–Trinajstić information content (AvgIpc) is 2.42. The van der Waals surface area contributed by atoms with E-state index in [9.17, 15) is 4.79 Å². The summed E-state index contributed by atoms with van der Waals surface area (Å²) in [5, 5.41) is 2.42. The van der Waals surface area contributed by atoms with Gasteiger partial charge in [-0.15, -0.1) is 0 Å². The van der Waals surface area contributed by atoms with Gasteiger partial charge in [0.2, 0.25) is 5.91 Å². The van der Waals surface area contributed by atoms with Crippen LogP contribution in [0.2, 0.25) is 0 Å². The molecule has 0 aliphatic heterocycles. The van der Waals surface area contributed by atoms with Crippen molar-refractivity contribution in [2.75, 3.05) is 0 Å². The molecule has 19 heavy (non-hydrogen) atoms. The molecule has 4 N–H and O–H groups in total. The minimum atomic E-state index is -0.138. The summed E-state index contributed by atoms with van der Waals surface area (Å²) in [4.78, 5) is 11.6. The van der Waals surface area contributed by atoms with Crippen LogP contribution in [0.4, 0.5) is 0 Å². The second-order valence-corrected chi connectivity index (χ2v) is 4.62. The largest absolute Gasteiger partial charge is 0.375 e. The molecule has 4 nitrogen and oxygen atoms in total. The smallest absolute Gasteiger partial charge is 0.238 e. The molecule has 0 aliphatic rings. The molecule has 0 saturated heterocycles. The number of carbonyl (C=O) groups is 1. The van der Waals surface area contributed by atoms with Gasteiger partial charge < -0.3 is 5.73 Å². The zero-order valence-corrected chi connectivity index (χ0v) is 11.2. The van der Waals surface area contributed by atoms with Gasteiger partial charge in [0, 0.05) is 6.42 Å². The summed E-state index contributed by atoms with van der Waals surface area (Å²) in [6, 6.07) is 14.2. The fourth-order valence-corrected chi connectivity index (χ4v) is 2.00. The van der Waals surface area contributed by atoms with Crippen LogP contribution in [0, 0.1) is 0 Å². The van der Waals surface area contributed by atoms with Crippen molar-refractivity contribution >= 4 is 34.0 Å². The first-order valence-corrected chi connectivity index (χ1v) is 6.38. The lowest BCUT2D eigenvalue weighted by atomic mass is 10.0. The minimum Gasteiger partial charge on any atom is -0.375 e. The Hall–Kier alpha value is -2.14. The van der Waals surface area contributed by atoms with E-state index >= 15 is 0 Å². The van der Waals surface area contributed by atoms with Gasteiger partial charge in [-0.25, -0.2) is 0 Å². The van der Waals surface area contributed by atoms with Crippen LogP contribution < -0.4 is 16.6 Å². The summed E-state index contributed by atoms with van der Waals surface area (Å²) in [5.74, 6) is -0.138. The third-order valence-corrected chi connectivity index (χ3v) is 2.93. The predicted molar refractivity (Wildman–Crippen MR) is 80.3 cm³/mol. The predicted octanol–water partition coefficient (Wildman–Crippen LogP) is 1.64. The van der Waals surface area contributed by atoms with Crippen LogP contribution in [0.5, 0.6) is 0 Å². The number of hydrazine groups is 1. The van der Waals surface area contributed by atoms with E-state index in [1.807, 2.05) is 24.3 Å². The van der Waals surface area contributed by atoms with Crippen LogP contribution in [0.25, 0.3) is 10.8 Å². The van der Waals surface area contributed by atoms with Crippen LogP contribution in [0.1, 0.15) is 12.0 Å². The molecular formula is C14H15N3OS. The van der Waals surface area contributed by atoms with Gasteiger partial charge in [-0.05, 0) is 35.0 Å². The molecule has 2 rings (SSSR count). The van der Waals surface area contributed by atoms with Crippen LogP contribution >= 0.6 is 12.2 Å². The summed E-state index contributed by atoms with van der Waals surface area (Å²) in [6.07, 6.45) is 1.05. The standard InChI is InChI=1S/C14H15N3OS/c15-14(19)17-16-13(18)9-8-11-6-3-5-10-4-1-2-7-12(10)11/h1-7H,8-9H2,(H,16,18)(H3,15,17,19). The first-order chi connectivity index (χ1) is 9.16. The van der Waals surface area contributed by atoms with E-state index < -0.39 is 0 Å². The average molecular weight is 273 g/mol. The summed E-state index contributed by atoms with van der Waals surface area (Å²) in [7, 11) is 0. The van der Waals surface area contributed by atoms with Crippen molar-refractivity contribution in [1.82, 2.24) is 10.9 Å². The molecule has 0 spiro atoms. The van der Waals surface area contributed by atoms with Gasteiger partial charge >= 0.3 is 0 Å². The minimum absolute atomic E-state index is 0.0542. The zero-order valence-electron chi connectivity index (χ0n) is 10.3. The van der Waals surface area contributed by atoms with Crippen LogP contribution in [-0.4, -0.2) is 11.0 Å². The second-order valence-electron chi connectivity index (χ2n) is 4.18. The first kappa shape index (κ1) is 13.3.